The maximum atomic E-state index is 13.9. The van der Waals surface area contributed by atoms with E-state index in [2.05, 4.69) is 15.5 Å². The predicted octanol–water partition coefficient (Wildman–Crippen LogP) is 3.93. The Morgan fingerprint density at radius 3 is 2.56 bits per heavy atom. The minimum absolute atomic E-state index is 0.277. The van der Waals surface area contributed by atoms with Crippen LogP contribution in [0.3, 0.4) is 0 Å². The number of halogens is 2. The molecule has 0 spiro atoms. The molecule has 1 aromatic heterocycles. The quantitative estimate of drug-likeness (QED) is 0.710. The number of ether oxygens (including phenoxy) is 2. The molecule has 1 heterocycles. The summed E-state index contributed by atoms with van der Waals surface area (Å²) in [5.41, 5.74) is 1.62. The summed E-state index contributed by atoms with van der Waals surface area (Å²) in [6, 6.07) is 7.91. The lowest BCUT2D eigenvalue weighted by Crippen LogP contribution is -2.15. The third kappa shape index (κ3) is 3.59. The summed E-state index contributed by atoms with van der Waals surface area (Å²) in [4.78, 5) is 12.5. The molecule has 0 saturated carbocycles. The van der Waals surface area contributed by atoms with Crippen molar-refractivity contribution >= 4 is 11.6 Å². The van der Waals surface area contributed by atoms with Gasteiger partial charge in [0.15, 0.2) is 0 Å². The van der Waals surface area contributed by atoms with E-state index < -0.39 is 17.5 Å². The third-order valence-corrected chi connectivity index (χ3v) is 4.02. The molecule has 2 aromatic carbocycles. The first-order chi connectivity index (χ1) is 12.9. The molecule has 0 aliphatic rings. The number of hydrogen-bond acceptors (Lipinski definition) is 4. The van der Waals surface area contributed by atoms with Gasteiger partial charge in [-0.2, -0.15) is 5.10 Å². The van der Waals surface area contributed by atoms with Crippen LogP contribution in [-0.2, 0) is 0 Å². The topological polar surface area (TPSA) is 76.2 Å². The summed E-state index contributed by atoms with van der Waals surface area (Å²) < 4.78 is 37.6. The number of hydrogen-bond donors (Lipinski definition) is 2. The van der Waals surface area contributed by atoms with Crippen molar-refractivity contribution in [3.05, 3.63) is 59.3 Å². The van der Waals surface area contributed by atoms with Crippen molar-refractivity contribution in [2.75, 3.05) is 19.5 Å². The summed E-state index contributed by atoms with van der Waals surface area (Å²) in [5.74, 6) is -1.33. The first-order valence-electron chi connectivity index (χ1n) is 7.98. The third-order valence-electron chi connectivity index (χ3n) is 4.02. The van der Waals surface area contributed by atoms with Crippen LogP contribution >= 0.6 is 0 Å². The number of anilines is 1. The molecular formula is C19H17F2N3O3. The highest BCUT2D eigenvalue weighted by atomic mass is 19.1. The number of carbonyl (C=O) groups is 1. The van der Waals surface area contributed by atoms with Crippen LogP contribution in [0, 0.1) is 18.6 Å². The Hall–Kier alpha value is -3.42. The largest absolute Gasteiger partial charge is 0.497 e. The zero-order valence-corrected chi connectivity index (χ0v) is 14.9. The fourth-order valence-corrected chi connectivity index (χ4v) is 2.63. The summed E-state index contributed by atoms with van der Waals surface area (Å²) in [5, 5.41) is 9.65. The van der Waals surface area contributed by atoms with Crippen LogP contribution in [0.25, 0.3) is 11.3 Å². The molecule has 0 fully saturated rings. The zero-order valence-electron chi connectivity index (χ0n) is 14.9. The lowest BCUT2D eigenvalue weighted by molar-refractivity contribution is 0.102. The van der Waals surface area contributed by atoms with Gasteiger partial charge in [-0.3, -0.25) is 9.89 Å². The highest BCUT2D eigenvalue weighted by Gasteiger charge is 2.21. The molecule has 2 N–H and O–H groups in total. The summed E-state index contributed by atoms with van der Waals surface area (Å²) in [7, 11) is 3.04. The second-order valence-electron chi connectivity index (χ2n) is 5.72. The average molecular weight is 373 g/mol. The lowest BCUT2D eigenvalue weighted by Gasteiger charge is -2.12. The van der Waals surface area contributed by atoms with Gasteiger partial charge < -0.3 is 14.8 Å². The van der Waals surface area contributed by atoms with Gasteiger partial charge in [0.1, 0.15) is 28.8 Å². The normalized spacial score (nSPS) is 10.6. The van der Waals surface area contributed by atoms with Crippen LogP contribution in [0.5, 0.6) is 11.5 Å². The van der Waals surface area contributed by atoms with Crippen molar-refractivity contribution < 1.29 is 23.0 Å². The van der Waals surface area contributed by atoms with Crippen LogP contribution in [0.1, 0.15) is 16.1 Å². The number of methoxy groups -OCH3 is 2. The molecule has 0 aliphatic carbocycles. The van der Waals surface area contributed by atoms with Crippen LogP contribution in [0.15, 0.2) is 36.4 Å². The molecule has 0 unspecified atom stereocenters. The maximum Gasteiger partial charge on any atom is 0.258 e. The van der Waals surface area contributed by atoms with E-state index in [4.69, 9.17) is 9.47 Å². The van der Waals surface area contributed by atoms with Crippen molar-refractivity contribution in [3.8, 4) is 22.8 Å². The van der Waals surface area contributed by atoms with Gasteiger partial charge >= 0.3 is 0 Å². The summed E-state index contributed by atoms with van der Waals surface area (Å²) in [6.45, 7) is 1.71. The summed E-state index contributed by atoms with van der Waals surface area (Å²) in [6.07, 6.45) is 0. The number of amides is 1. The minimum atomic E-state index is -0.950. The molecule has 8 heteroatoms. The fraction of sp³-hybridized carbons (Fsp3) is 0.158. The van der Waals surface area contributed by atoms with Crippen LogP contribution < -0.4 is 14.8 Å². The number of aryl methyl sites for hydroxylation is 1. The minimum Gasteiger partial charge on any atom is -0.497 e. The van der Waals surface area contributed by atoms with E-state index in [9.17, 15) is 13.6 Å². The highest BCUT2D eigenvalue weighted by molar-refractivity contribution is 6.06. The Morgan fingerprint density at radius 1 is 1.11 bits per heavy atom. The number of aromatic nitrogens is 2. The Labute approximate surface area is 154 Å². The van der Waals surface area contributed by atoms with Gasteiger partial charge in [0.2, 0.25) is 0 Å². The molecule has 27 heavy (non-hydrogen) atoms. The molecular weight excluding hydrogens is 356 g/mol. The molecule has 0 atom stereocenters. The van der Waals surface area contributed by atoms with Crippen LogP contribution in [-0.4, -0.2) is 30.3 Å². The maximum absolute atomic E-state index is 13.9. The Kier molecular flexibility index (Phi) is 5.07. The number of benzene rings is 2. The smallest absolute Gasteiger partial charge is 0.258 e. The van der Waals surface area contributed by atoms with E-state index in [0.29, 0.717) is 40.2 Å². The van der Waals surface area contributed by atoms with Gasteiger partial charge in [-0.1, -0.05) is 0 Å². The zero-order chi connectivity index (χ0) is 19.6. The highest BCUT2D eigenvalue weighted by Crippen LogP contribution is 2.37. The molecule has 0 saturated heterocycles. The SMILES string of the molecule is COc1ccc(OC)c(-c2n[nH]c(C)c2NC(=O)c2ccc(F)cc2F)c1. The summed E-state index contributed by atoms with van der Waals surface area (Å²) >= 11 is 0. The van der Waals surface area contributed by atoms with Gasteiger partial charge in [0, 0.05) is 11.6 Å². The molecule has 6 nitrogen and oxygen atoms in total. The van der Waals surface area contributed by atoms with Crippen molar-refractivity contribution in [3.63, 3.8) is 0 Å². The lowest BCUT2D eigenvalue weighted by atomic mass is 10.1. The first-order valence-corrected chi connectivity index (χ1v) is 7.98. The average Bonchev–Trinajstić information content (AvgIpc) is 3.01. The van der Waals surface area contributed by atoms with E-state index in [1.807, 2.05) is 0 Å². The number of carbonyl (C=O) groups excluding carboxylic acids is 1. The van der Waals surface area contributed by atoms with Gasteiger partial charge in [-0.15, -0.1) is 0 Å². The predicted molar refractivity (Wildman–Crippen MR) is 96.2 cm³/mol. The monoisotopic (exact) mass is 373 g/mol. The van der Waals surface area contributed by atoms with Crippen LogP contribution in [0.4, 0.5) is 14.5 Å². The Bertz CT molecular complexity index is 1000. The van der Waals surface area contributed by atoms with Gasteiger partial charge in [-0.05, 0) is 37.3 Å². The van der Waals surface area contributed by atoms with Crippen molar-refractivity contribution in [2.24, 2.45) is 0 Å². The number of rotatable bonds is 5. The molecule has 3 aromatic rings. The van der Waals surface area contributed by atoms with Crippen LogP contribution in [0.2, 0.25) is 0 Å². The van der Waals surface area contributed by atoms with E-state index in [-0.39, 0.29) is 5.56 Å². The number of aromatic amines is 1. The molecule has 140 valence electrons. The van der Waals surface area contributed by atoms with E-state index >= 15 is 0 Å². The van der Waals surface area contributed by atoms with Crippen molar-refractivity contribution in [1.29, 1.82) is 0 Å². The first kappa shape index (κ1) is 18.4. The van der Waals surface area contributed by atoms with Gasteiger partial charge in [-0.25, -0.2) is 8.78 Å². The fourth-order valence-electron chi connectivity index (χ4n) is 2.63. The molecule has 0 bridgehead atoms. The van der Waals surface area contributed by atoms with Crippen molar-refractivity contribution in [2.45, 2.75) is 6.92 Å². The van der Waals surface area contributed by atoms with Gasteiger partial charge in [0.05, 0.1) is 31.2 Å². The molecule has 0 aliphatic heterocycles. The molecule has 0 radical (unpaired) electrons. The second kappa shape index (κ2) is 7.45. The van der Waals surface area contributed by atoms with E-state index in [1.165, 1.54) is 14.2 Å². The number of nitrogens with zero attached hydrogens (tertiary/aromatic N) is 1. The van der Waals surface area contributed by atoms with E-state index in [0.717, 1.165) is 12.1 Å². The molecule has 3 rings (SSSR count). The van der Waals surface area contributed by atoms with Gasteiger partial charge in [0.25, 0.3) is 5.91 Å². The number of H-pyrrole nitrogens is 1. The Balaban J connectivity index is 2.02. The number of nitrogens with one attached hydrogen (secondary N) is 2. The molecule has 1 amide bonds. The second-order valence-corrected chi connectivity index (χ2v) is 5.72. The van der Waals surface area contributed by atoms with Crippen molar-refractivity contribution in [1.82, 2.24) is 10.2 Å². The standard InChI is InChI=1S/C19H17F2N3O3/c1-10-17(22-19(25)13-6-4-11(20)8-15(13)21)18(24-23-10)14-9-12(26-2)5-7-16(14)27-3/h4-9H,1-3H3,(H,22,25)(H,23,24). The Morgan fingerprint density at radius 2 is 1.89 bits per heavy atom. The van der Waals surface area contributed by atoms with E-state index in [1.54, 1.807) is 25.1 Å².